The van der Waals surface area contributed by atoms with Crippen molar-refractivity contribution in [1.29, 1.82) is 0 Å². The molecule has 21 heavy (non-hydrogen) atoms. The van der Waals surface area contributed by atoms with Crippen LogP contribution in [-0.2, 0) is 11.2 Å². The van der Waals surface area contributed by atoms with Crippen LogP contribution in [0, 0.1) is 0 Å². The largest absolute Gasteiger partial charge is 0.382 e. The fourth-order valence-electron chi connectivity index (χ4n) is 1.87. The summed E-state index contributed by atoms with van der Waals surface area (Å²) in [4.78, 5) is 14.7. The molecular formula is C15H20N4O2. The van der Waals surface area contributed by atoms with E-state index in [2.05, 4.69) is 20.5 Å². The molecule has 0 saturated carbocycles. The molecule has 1 heterocycles. The summed E-state index contributed by atoms with van der Waals surface area (Å²) in [7, 11) is 0. The minimum atomic E-state index is -0.207. The molecule has 0 aliphatic heterocycles. The summed E-state index contributed by atoms with van der Waals surface area (Å²) in [6.07, 6.45) is 1.33. The molecule has 1 aromatic heterocycles. The van der Waals surface area contributed by atoms with Crippen LogP contribution in [0.3, 0.4) is 0 Å². The Hall–Kier alpha value is -2.21. The number of nitrogens with one attached hydrogen (secondary N) is 2. The first-order chi connectivity index (χ1) is 10.3. The summed E-state index contributed by atoms with van der Waals surface area (Å²) < 4.78 is 5.23. The number of hydrogen-bond donors (Lipinski definition) is 2. The van der Waals surface area contributed by atoms with Crippen LogP contribution in [0.5, 0.6) is 0 Å². The monoisotopic (exact) mass is 288 g/mol. The molecule has 0 unspecified atom stereocenters. The molecular weight excluding hydrogens is 268 g/mol. The Kier molecular flexibility index (Phi) is 5.90. The minimum Gasteiger partial charge on any atom is -0.382 e. The van der Waals surface area contributed by atoms with Crippen molar-refractivity contribution in [3.05, 3.63) is 51.9 Å². The molecule has 0 radical (unpaired) electrons. The van der Waals surface area contributed by atoms with E-state index in [1.54, 1.807) is 0 Å². The maximum atomic E-state index is 12.0. The van der Waals surface area contributed by atoms with Crippen LogP contribution >= 0.6 is 0 Å². The van der Waals surface area contributed by atoms with Gasteiger partial charge in [-0.1, -0.05) is 30.3 Å². The zero-order valence-electron chi connectivity index (χ0n) is 12.1. The molecule has 112 valence electrons. The third-order valence-electron chi connectivity index (χ3n) is 2.94. The first-order valence-corrected chi connectivity index (χ1v) is 7.11. The average Bonchev–Trinajstić information content (AvgIpc) is 2.51. The lowest BCUT2D eigenvalue weighted by Gasteiger charge is -2.05. The van der Waals surface area contributed by atoms with Gasteiger partial charge in [0.2, 0.25) is 5.95 Å². The molecule has 0 atom stereocenters. The highest BCUT2D eigenvalue weighted by molar-refractivity contribution is 5.24. The zero-order valence-corrected chi connectivity index (χ0v) is 12.1. The second-order valence-electron chi connectivity index (χ2n) is 4.59. The van der Waals surface area contributed by atoms with Gasteiger partial charge in [-0.2, -0.15) is 0 Å². The number of H-pyrrole nitrogens is 1. The summed E-state index contributed by atoms with van der Waals surface area (Å²) in [6, 6.07) is 9.73. The maximum Gasteiger partial charge on any atom is 0.274 e. The van der Waals surface area contributed by atoms with E-state index in [-0.39, 0.29) is 5.56 Å². The number of rotatable bonds is 8. The van der Waals surface area contributed by atoms with E-state index in [1.807, 2.05) is 37.3 Å². The van der Waals surface area contributed by atoms with Crippen molar-refractivity contribution in [2.24, 2.45) is 0 Å². The van der Waals surface area contributed by atoms with E-state index in [0.717, 1.165) is 12.0 Å². The summed E-state index contributed by atoms with van der Waals surface area (Å²) in [5, 5.41) is 11.0. The highest BCUT2D eigenvalue weighted by atomic mass is 16.5. The summed E-state index contributed by atoms with van der Waals surface area (Å²) >= 11 is 0. The third kappa shape index (κ3) is 5.00. The fourth-order valence-corrected chi connectivity index (χ4v) is 1.87. The number of nitrogens with zero attached hydrogens (tertiary/aromatic N) is 2. The standard InChI is InChI=1S/C15H20N4O2/c1-2-21-10-6-9-16-15-17-14(20)13(18-19-15)11-12-7-4-3-5-8-12/h3-5,7-8H,2,6,9-11H2,1H3,(H2,16,17,19,20). The molecule has 1 aromatic carbocycles. The SMILES string of the molecule is CCOCCCNc1nnc(Cc2ccccc2)c(=O)[nH]1. The van der Waals surface area contributed by atoms with Gasteiger partial charge in [-0.05, 0) is 18.9 Å². The van der Waals surface area contributed by atoms with E-state index in [1.165, 1.54) is 0 Å². The van der Waals surface area contributed by atoms with Crippen LogP contribution in [0.15, 0.2) is 35.1 Å². The average molecular weight is 288 g/mol. The molecule has 0 fully saturated rings. The van der Waals surface area contributed by atoms with Crippen molar-refractivity contribution >= 4 is 5.95 Å². The van der Waals surface area contributed by atoms with Crippen LogP contribution in [0.2, 0.25) is 0 Å². The minimum absolute atomic E-state index is 0.207. The predicted octanol–water partition coefficient (Wildman–Crippen LogP) is 1.59. The lowest BCUT2D eigenvalue weighted by Crippen LogP contribution is -2.20. The van der Waals surface area contributed by atoms with Gasteiger partial charge in [0.25, 0.3) is 5.56 Å². The van der Waals surface area contributed by atoms with Gasteiger partial charge in [-0.25, -0.2) is 0 Å². The first-order valence-electron chi connectivity index (χ1n) is 7.11. The van der Waals surface area contributed by atoms with E-state index >= 15 is 0 Å². The molecule has 0 aliphatic rings. The van der Waals surface area contributed by atoms with Gasteiger partial charge in [0, 0.05) is 26.2 Å². The molecule has 0 amide bonds. The van der Waals surface area contributed by atoms with Crippen molar-refractivity contribution in [2.45, 2.75) is 19.8 Å². The summed E-state index contributed by atoms with van der Waals surface area (Å²) in [5.41, 5.74) is 1.25. The Morgan fingerprint density at radius 3 is 2.76 bits per heavy atom. The number of ether oxygens (including phenoxy) is 1. The van der Waals surface area contributed by atoms with Gasteiger partial charge in [0.05, 0.1) is 0 Å². The molecule has 2 N–H and O–H groups in total. The zero-order chi connectivity index (χ0) is 14.9. The number of anilines is 1. The second kappa shape index (κ2) is 8.16. The van der Waals surface area contributed by atoms with Crippen molar-refractivity contribution < 1.29 is 4.74 Å². The van der Waals surface area contributed by atoms with Gasteiger partial charge < -0.3 is 10.1 Å². The Bertz CT molecular complexity index is 598. The molecule has 2 rings (SSSR count). The van der Waals surface area contributed by atoms with Gasteiger partial charge in [0.1, 0.15) is 5.69 Å². The topological polar surface area (TPSA) is 79.9 Å². The fraction of sp³-hybridized carbons (Fsp3) is 0.400. The summed E-state index contributed by atoms with van der Waals surface area (Å²) in [5.74, 6) is 0.397. The maximum absolute atomic E-state index is 12.0. The van der Waals surface area contributed by atoms with Crippen LogP contribution in [0.25, 0.3) is 0 Å². The molecule has 0 aliphatic carbocycles. The smallest absolute Gasteiger partial charge is 0.274 e. The van der Waals surface area contributed by atoms with Crippen LogP contribution < -0.4 is 10.9 Å². The molecule has 0 bridgehead atoms. The number of hydrogen-bond acceptors (Lipinski definition) is 5. The number of aromatic amines is 1. The third-order valence-corrected chi connectivity index (χ3v) is 2.94. The van der Waals surface area contributed by atoms with E-state index in [4.69, 9.17) is 4.74 Å². The Morgan fingerprint density at radius 1 is 1.24 bits per heavy atom. The lowest BCUT2D eigenvalue weighted by atomic mass is 10.1. The van der Waals surface area contributed by atoms with Crippen LogP contribution in [-0.4, -0.2) is 34.9 Å². The Balaban J connectivity index is 1.90. The van der Waals surface area contributed by atoms with Gasteiger partial charge in [-0.3, -0.25) is 9.78 Å². The summed E-state index contributed by atoms with van der Waals surface area (Å²) in [6.45, 7) is 4.04. The quantitative estimate of drug-likeness (QED) is 0.721. The van der Waals surface area contributed by atoms with Crippen LogP contribution in [0.1, 0.15) is 24.6 Å². The predicted molar refractivity (Wildman–Crippen MR) is 81.5 cm³/mol. The highest BCUT2D eigenvalue weighted by Gasteiger charge is 2.05. The lowest BCUT2D eigenvalue weighted by molar-refractivity contribution is 0.147. The number of benzene rings is 1. The van der Waals surface area contributed by atoms with Crippen molar-refractivity contribution in [1.82, 2.24) is 15.2 Å². The van der Waals surface area contributed by atoms with E-state index < -0.39 is 0 Å². The van der Waals surface area contributed by atoms with Crippen molar-refractivity contribution in [3.8, 4) is 0 Å². The highest BCUT2D eigenvalue weighted by Crippen LogP contribution is 2.03. The van der Waals surface area contributed by atoms with Gasteiger partial charge >= 0.3 is 0 Å². The molecule has 0 spiro atoms. The molecule has 2 aromatic rings. The molecule has 6 heteroatoms. The molecule has 6 nitrogen and oxygen atoms in total. The van der Waals surface area contributed by atoms with Gasteiger partial charge in [0.15, 0.2) is 0 Å². The number of aromatic nitrogens is 3. The van der Waals surface area contributed by atoms with E-state index in [0.29, 0.717) is 37.8 Å². The second-order valence-corrected chi connectivity index (χ2v) is 4.59. The Morgan fingerprint density at radius 2 is 2.05 bits per heavy atom. The van der Waals surface area contributed by atoms with Crippen molar-refractivity contribution in [2.75, 3.05) is 25.1 Å². The molecule has 0 saturated heterocycles. The Labute approximate surface area is 123 Å². The van der Waals surface area contributed by atoms with Crippen molar-refractivity contribution in [3.63, 3.8) is 0 Å². The van der Waals surface area contributed by atoms with Crippen LogP contribution in [0.4, 0.5) is 5.95 Å². The normalized spacial score (nSPS) is 10.5. The first kappa shape index (κ1) is 15.2. The van der Waals surface area contributed by atoms with Gasteiger partial charge in [-0.15, -0.1) is 10.2 Å². The van der Waals surface area contributed by atoms with E-state index in [9.17, 15) is 4.79 Å².